The van der Waals surface area contributed by atoms with Gasteiger partial charge in [-0.15, -0.1) is 0 Å². The first-order valence-electron chi connectivity index (χ1n) is 22.9. The highest BCUT2D eigenvalue weighted by atomic mass is 15.0. The molecule has 13 rings (SSSR count). The van der Waals surface area contributed by atoms with E-state index in [2.05, 4.69) is 230 Å². The molecule has 9 aromatic carbocycles. The normalized spacial score (nSPS) is 13.8. The van der Waals surface area contributed by atoms with E-state index in [1.165, 1.54) is 70.9 Å². The summed E-state index contributed by atoms with van der Waals surface area (Å²) in [7, 11) is 0. The monoisotopic (exact) mass is 841 g/mol. The van der Waals surface area contributed by atoms with E-state index >= 15 is 0 Å². The number of nitrogens with zero attached hydrogens (tertiary/aromatic N) is 3. The Morgan fingerprint density at radius 3 is 1.83 bits per heavy atom. The van der Waals surface area contributed by atoms with Crippen molar-refractivity contribution in [2.75, 3.05) is 0 Å². The summed E-state index contributed by atoms with van der Waals surface area (Å²) in [5, 5.41) is 11.0. The quantitative estimate of drug-likeness (QED) is 0.123. The summed E-state index contributed by atoms with van der Waals surface area (Å²) in [5.41, 5.74) is 15.8. The number of aryl methyl sites for hydroxylation is 1. The third-order valence-corrected chi connectivity index (χ3v) is 13.7. The smallest absolute Gasteiger partial charge is 0.0960 e. The van der Waals surface area contributed by atoms with Gasteiger partial charge in [0.05, 0.1) is 34.0 Å². The Morgan fingerprint density at radius 2 is 1.08 bits per heavy atom. The molecule has 0 saturated heterocycles. The molecule has 0 fully saturated rings. The summed E-state index contributed by atoms with van der Waals surface area (Å²) >= 11 is 0. The highest BCUT2D eigenvalue weighted by Gasteiger charge is 2.22. The number of hydrogen-bond acceptors (Lipinski definition) is 2. The van der Waals surface area contributed by atoms with Crippen LogP contribution in [0.5, 0.6) is 0 Å². The van der Waals surface area contributed by atoms with Gasteiger partial charge in [0.15, 0.2) is 0 Å². The fourth-order valence-corrected chi connectivity index (χ4v) is 10.7. The first-order valence-corrected chi connectivity index (χ1v) is 22.9. The maximum absolute atomic E-state index is 5.50. The predicted octanol–water partition coefficient (Wildman–Crippen LogP) is 16.9. The van der Waals surface area contributed by atoms with E-state index in [9.17, 15) is 0 Å². The van der Waals surface area contributed by atoms with Crippen molar-refractivity contribution in [3.8, 4) is 55.9 Å². The Balaban J connectivity index is 0.937. The Hall–Kier alpha value is -8.40. The van der Waals surface area contributed by atoms with Gasteiger partial charge in [-0.05, 0) is 127 Å². The summed E-state index contributed by atoms with van der Waals surface area (Å²) in [6.45, 7) is 2.14. The zero-order valence-corrected chi connectivity index (χ0v) is 36.5. The minimum absolute atomic E-state index is 0.209. The van der Waals surface area contributed by atoms with Gasteiger partial charge in [-0.25, -0.2) is 4.98 Å². The van der Waals surface area contributed by atoms with Crippen LogP contribution in [0.4, 0.5) is 0 Å². The first-order chi connectivity index (χ1) is 32.6. The lowest BCUT2D eigenvalue weighted by atomic mass is 9.84. The molecule has 310 valence electrons. The molecule has 3 heteroatoms. The van der Waals surface area contributed by atoms with Crippen LogP contribution >= 0.6 is 0 Å². The second-order valence-corrected chi connectivity index (χ2v) is 17.7. The molecule has 0 bridgehead atoms. The fraction of sp³-hybridized carbons (Fsp3) is 0.0476. The molecule has 66 heavy (non-hydrogen) atoms. The molecule has 0 spiro atoms. The van der Waals surface area contributed by atoms with Gasteiger partial charge in [-0.1, -0.05) is 182 Å². The molecular formula is C63H43N3. The molecule has 1 aliphatic rings. The minimum Gasteiger partial charge on any atom is -0.332 e. The van der Waals surface area contributed by atoms with Crippen LogP contribution < -0.4 is 0 Å². The van der Waals surface area contributed by atoms with Crippen LogP contribution in [0.1, 0.15) is 18.0 Å². The summed E-state index contributed by atoms with van der Waals surface area (Å²) < 4.78 is 2.48. The van der Waals surface area contributed by atoms with E-state index in [0.717, 1.165) is 62.0 Å². The van der Waals surface area contributed by atoms with Crippen molar-refractivity contribution in [1.29, 1.82) is 0 Å². The zero-order chi connectivity index (χ0) is 43.7. The SMILES string of the molecule is Cc1cccc(-c2cnc3c4cc(-c5cccc(-c6cccc(-c7c8ccccc8c(-c8cc9ccccc9c9ccccc89)c8ccccc78)n6)c5)ccc4n(C4C=CC=CC4)c3c2)c1. The average molecular weight is 842 g/mol. The maximum Gasteiger partial charge on any atom is 0.0960 e. The third-order valence-electron chi connectivity index (χ3n) is 13.7. The van der Waals surface area contributed by atoms with Crippen molar-refractivity contribution < 1.29 is 0 Å². The standard InChI is InChI=1S/C63H43N3/c1-40-16-13-18-41(34-40)46-38-60-63(64-39-46)56-36-43(32-33-59(56)66(60)47-21-3-2-4-22-47)42-19-14-20-45(35-42)57-30-15-31-58(65-57)62-53-28-11-9-26-51(53)61(52-27-10-12-29-54(52)62)55-37-44-17-5-6-23-48(44)49-24-7-8-25-50(49)55/h2-21,23-39,47H,22H2,1H3. The predicted molar refractivity (Wildman–Crippen MR) is 279 cm³/mol. The van der Waals surface area contributed by atoms with E-state index in [1.54, 1.807) is 0 Å². The number of benzene rings is 9. The summed E-state index contributed by atoms with van der Waals surface area (Å²) in [6.07, 6.45) is 11.9. The lowest BCUT2D eigenvalue weighted by Crippen LogP contribution is -2.06. The second-order valence-electron chi connectivity index (χ2n) is 17.7. The molecular weight excluding hydrogens is 799 g/mol. The van der Waals surface area contributed by atoms with Gasteiger partial charge in [-0.2, -0.15) is 0 Å². The van der Waals surface area contributed by atoms with Gasteiger partial charge in [0.2, 0.25) is 0 Å². The topological polar surface area (TPSA) is 30.7 Å². The maximum atomic E-state index is 5.50. The zero-order valence-electron chi connectivity index (χ0n) is 36.5. The van der Waals surface area contributed by atoms with Crippen LogP contribution in [0.25, 0.3) is 121 Å². The molecule has 12 aromatic rings. The van der Waals surface area contributed by atoms with Crippen molar-refractivity contribution in [2.24, 2.45) is 0 Å². The average Bonchev–Trinajstić information content (AvgIpc) is 3.71. The number of rotatable bonds is 6. The summed E-state index contributed by atoms with van der Waals surface area (Å²) in [5.74, 6) is 0. The molecule has 3 heterocycles. The molecule has 3 nitrogen and oxygen atoms in total. The largest absolute Gasteiger partial charge is 0.332 e. The van der Waals surface area contributed by atoms with Crippen LogP contribution in [-0.2, 0) is 0 Å². The molecule has 0 saturated carbocycles. The minimum atomic E-state index is 0.209. The van der Waals surface area contributed by atoms with Gasteiger partial charge in [0.25, 0.3) is 0 Å². The first kappa shape index (κ1) is 38.1. The Kier molecular flexibility index (Phi) is 8.89. The molecule has 0 aliphatic heterocycles. The van der Waals surface area contributed by atoms with Crippen LogP contribution in [0.15, 0.2) is 225 Å². The number of hydrogen-bond donors (Lipinski definition) is 0. The van der Waals surface area contributed by atoms with Crippen LogP contribution in [0.3, 0.4) is 0 Å². The molecule has 1 atom stereocenters. The van der Waals surface area contributed by atoms with Gasteiger partial charge >= 0.3 is 0 Å². The molecule has 1 unspecified atom stereocenters. The van der Waals surface area contributed by atoms with Crippen molar-refractivity contribution in [2.45, 2.75) is 19.4 Å². The van der Waals surface area contributed by atoms with E-state index in [-0.39, 0.29) is 6.04 Å². The number of allylic oxidation sites excluding steroid dienone is 4. The summed E-state index contributed by atoms with van der Waals surface area (Å²) in [6, 6.07) is 71.2. The number of pyridine rings is 2. The molecule has 0 N–H and O–H groups in total. The molecule has 1 aliphatic carbocycles. The highest BCUT2D eigenvalue weighted by molar-refractivity contribution is 6.25. The van der Waals surface area contributed by atoms with E-state index in [4.69, 9.17) is 9.97 Å². The Bertz CT molecular complexity index is 3940. The van der Waals surface area contributed by atoms with Crippen LogP contribution in [0.2, 0.25) is 0 Å². The highest BCUT2D eigenvalue weighted by Crippen LogP contribution is 2.47. The van der Waals surface area contributed by atoms with Crippen molar-refractivity contribution in [1.82, 2.24) is 14.5 Å². The van der Waals surface area contributed by atoms with Gasteiger partial charge in [0, 0.05) is 28.3 Å². The molecule has 0 radical (unpaired) electrons. The van der Waals surface area contributed by atoms with E-state index < -0.39 is 0 Å². The fourth-order valence-electron chi connectivity index (χ4n) is 10.7. The second kappa shape index (κ2) is 15.4. The van der Waals surface area contributed by atoms with Crippen molar-refractivity contribution >= 4 is 65.0 Å². The third kappa shape index (κ3) is 6.19. The Morgan fingerprint density at radius 1 is 0.439 bits per heavy atom. The number of aromatic nitrogens is 3. The molecule has 3 aromatic heterocycles. The lowest BCUT2D eigenvalue weighted by Gasteiger charge is -2.19. The molecule has 0 amide bonds. The Labute approximate surface area is 383 Å². The van der Waals surface area contributed by atoms with Crippen molar-refractivity contribution in [3.05, 3.63) is 230 Å². The van der Waals surface area contributed by atoms with E-state index in [1.807, 2.05) is 6.20 Å². The van der Waals surface area contributed by atoms with Gasteiger partial charge in [0.1, 0.15) is 0 Å². The van der Waals surface area contributed by atoms with E-state index in [0.29, 0.717) is 0 Å². The lowest BCUT2D eigenvalue weighted by molar-refractivity contribution is 0.648. The van der Waals surface area contributed by atoms with Gasteiger partial charge < -0.3 is 4.57 Å². The van der Waals surface area contributed by atoms with Crippen molar-refractivity contribution in [3.63, 3.8) is 0 Å². The van der Waals surface area contributed by atoms with Crippen LogP contribution in [-0.4, -0.2) is 14.5 Å². The van der Waals surface area contributed by atoms with Crippen LogP contribution in [0, 0.1) is 6.92 Å². The van der Waals surface area contributed by atoms with Gasteiger partial charge in [-0.3, -0.25) is 4.98 Å². The summed E-state index contributed by atoms with van der Waals surface area (Å²) in [4.78, 5) is 10.7. The number of fused-ring (bicyclic) bond motifs is 8.